The van der Waals surface area contributed by atoms with Crippen LogP contribution < -0.4 is 0 Å². The molecule has 74 valence electrons. The number of rotatable bonds is 4. The summed E-state index contributed by atoms with van der Waals surface area (Å²) in [5, 5.41) is 19.1. The highest BCUT2D eigenvalue weighted by molar-refractivity contribution is 7.93. The van der Waals surface area contributed by atoms with Crippen LogP contribution in [0, 0.1) is 0 Å². The first kappa shape index (κ1) is 10.6. The van der Waals surface area contributed by atoms with Gasteiger partial charge in [0.2, 0.25) is 0 Å². The summed E-state index contributed by atoms with van der Waals surface area (Å²) < 4.78 is 23.0. The monoisotopic (exact) mass is 222 g/mol. The SMILES string of the molecule is O=S(=O)(CC(O)CO)c1cccs1. The molecule has 0 aromatic carbocycles. The van der Waals surface area contributed by atoms with Crippen molar-refractivity contribution in [1.29, 1.82) is 0 Å². The van der Waals surface area contributed by atoms with Gasteiger partial charge in [0.05, 0.1) is 18.5 Å². The Hall–Kier alpha value is -0.430. The van der Waals surface area contributed by atoms with E-state index in [1.807, 2.05) is 0 Å². The summed E-state index contributed by atoms with van der Waals surface area (Å²) in [6, 6.07) is 3.10. The van der Waals surface area contributed by atoms with Crippen molar-refractivity contribution in [1.82, 2.24) is 0 Å². The average Bonchev–Trinajstić information content (AvgIpc) is 2.55. The number of hydrogen-bond donors (Lipinski definition) is 2. The van der Waals surface area contributed by atoms with Crippen LogP contribution in [-0.2, 0) is 9.84 Å². The zero-order valence-electron chi connectivity index (χ0n) is 6.75. The zero-order valence-corrected chi connectivity index (χ0v) is 8.38. The van der Waals surface area contributed by atoms with Gasteiger partial charge in [0.15, 0.2) is 9.84 Å². The van der Waals surface area contributed by atoms with Crippen molar-refractivity contribution in [2.75, 3.05) is 12.4 Å². The van der Waals surface area contributed by atoms with Gasteiger partial charge >= 0.3 is 0 Å². The fourth-order valence-electron chi connectivity index (χ4n) is 0.829. The molecule has 0 fully saturated rings. The Labute approximate surface area is 80.4 Å². The minimum absolute atomic E-state index is 0.222. The fraction of sp³-hybridized carbons (Fsp3) is 0.429. The van der Waals surface area contributed by atoms with Crippen LogP contribution in [0.3, 0.4) is 0 Å². The Bertz CT molecular complexity index is 341. The minimum atomic E-state index is -3.42. The molecule has 2 N–H and O–H groups in total. The maximum atomic E-state index is 11.4. The van der Waals surface area contributed by atoms with Gasteiger partial charge in [0, 0.05) is 0 Å². The van der Waals surface area contributed by atoms with Gasteiger partial charge in [-0.15, -0.1) is 11.3 Å². The Morgan fingerprint density at radius 2 is 2.23 bits per heavy atom. The molecule has 0 aliphatic carbocycles. The Morgan fingerprint density at radius 3 is 2.69 bits per heavy atom. The fourth-order valence-corrected chi connectivity index (χ4v) is 3.30. The van der Waals surface area contributed by atoms with Gasteiger partial charge < -0.3 is 10.2 Å². The largest absolute Gasteiger partial charge is 0.394 e. The molecule has 1 aromatic heterocycles. The summed E-state index contributed by atoms with van der Waals surface area (Å²) in [4.78, 5) is 0. The van der Waals surface area contributed by atoms with Crippen LogP contribution in [0.25, 0.3) is 0 Å². The summed E-state index contributed by atoms with van der Waals surface area (Å²) in [5.74, 6) is -0.427. The van der Waals surface area contributed by atoms with Crippen LogP contribution in [0.1, 0.15) is 0 Å². The van der Waals surface area contributed by atoms with Crippen molar-refractivity contribution < 1.29 is 18.6 Å². The van der Waals surface area contributed by atoms with Crippen LogP contribution in [0.2, 0.25) is 0 Å². The number of sulfone groups is 1. The molecule has 1 atom stereocenters. The summed E-state index contributed by atoms with van der Waals surface area (Å²) in [5.41, 5.74) is 0. The van der Waals surface area contributed by atoms with Crippen LogP contribution in [0.15, 0.2) is 21.7 Å². The predicted octanol–water partition coefficient (Wildman–Crippen LogP) is -0.125. The highest BCUT2D eigenvalue weighted by atomic mass is 32.2. The zero-order chi connectivity index (χ0) is 9.90. The van der Waals surface area contributed by atoms with E-state index in [0.29, 0.717) is 0 Å². The average molecular weight is 222 g/mol. The molecule has 4 nitrogen and oxygen atoms in total. The van der Waals surface area contributed by atoms with E-state index in [2.05, 4.69) is 0 Å². The third-order valence-corrected chi connectivity index (χ3v) is 4.71. The summed E-state index contributed by atoms with van der Waals surface area (Å²) in [6.45, 7) is -0.537. The van der Waals surface area contributed by atoms with Crippen molar-refractivity contribution in [3.63, 3.8) is 0 Å². The molecule has 0 radical (unpaired) electrons. The van der Waals surface area contributed by atoms with E-state index in [1.54, 1.807) is 11.4 Å². The molecule has 0 spiro atoms. The third-order valence-electron chi connectivity index (χ3n) is 1.42. The second kappa shape index (κ2) is 4.19. The van der Waals surface area contributed by atoms with Crippen LogP contribution in [-0.4, -0.2) is 37.1 Å². The van der Waals surface area contributed by atoms with E-state index in [1.165, 1.54) is 6.07 Å². The molecular weight excluding hydrogens is 212 g/mol. The Kier molecular flexibility index (Phi) is 3.43. The lowest BCUT2D eigenvalue weighted by Crippen LogP contribution is -2.23. The van der Waals surface area contributed by atoms with Gasteiger partial charge in [-0.05, 0) is 11.4 Å². The Morgan fingerprint density at radius 1 is 1.54 bits per heavy atom. The maximum absolute atomic E-state index is 11.4. The van der Waals surface area contributed by atoms with Gasteiger partial charge in [0.1, 0.15) is 4.21 Å². The third kappa shape index (κ3) is 2.77. The molecule has 0 amide bonds. The van der Waals surface area contributed by atoms with E-state index in [4.69, 9.17) is 10.2 Å². The van der Waals surface area contributed by atoms with Gasteiger partial charge in [-0.2, -0.15) is 0 Å². The summed E-state index contributed by atoms with van der Waals surface area (Å²) >= 11 is 1.10. The molecule has 0 saturated carbocycles. The number of thiophene rings is 1. The topological polar surface area (TPSA) is 74.6 Å². The lowest BCUT2D eigenvalue weighted by atomic mass is 10.4. The molecule has 13 heavy (non-hydrogen) atoms. The standard InChI is InChI=1S/C7H10O4S2/c8-4-6(9)5-13(10,11)7-2-1-3-12-7/h1-3,6,8-9H,4-5H2. The molecule has 0 bridgehead atoms. The van der Waals surface area contributed by atoms with Gasteiger partial charge in [-0.1, -0.05) is 6.07 Å². The second-order valence-electron chi connectivity index (χ2n) is 2.55. The first-order chi connectivity index (χ1) is 6.06. The number of hydrogen-bond acceptors (Lipinski definition) is 5. The van der Waals surface area contributed by atoms with Crippen molar-refractivity contribution in [3.8, 4) is 0 Å². The van der Waals surface area contributed by atoms with E-state index < -0.39 is 28.3 Å². The lowest BCUT2D eigenvalue weighted by molar-refractivity contribution is 0.112. The summed E-state index contributed by atoms with van der Waals surface area (Å²) in [7, 11) is -3.42. The molecule has 1 heterocycles. The van der Waals surface area contributed by atoms with E-state index in [9.17, 15) is 8.42 Å². The molecule has 0 aliphatic rings. The second-order valence-corrected chi connectivity index (χ2v) is 5.76. The Balaban J connectivity index is 2.79. The van der Waals surface area contributed by atoms with Crippen molar-refractivity contribution in [2.45, 2.75) is 10.3 Å². The number of aliphatic hydroxyl groups is 2. The molecule has 1 rings (SSSR count). The lowest BCUT2D eigenvalue weighted by Gasteiger charge is -2.05. The van der Waals surface area contributed by atoms with E-state index >= 15 is 0 Å². The highest BCUT2D eigenvalue weighted by Gasteiger charge is 2.19. The smallest absolute Gasteiger partial charge is 0.190 e. The van der Waals surface area contributed by atoms with Crippen molar-refractivity contribution in [3.05, 3.63) is 17.5 Å². The number of aliphatic hydroxyl groups excluding tert-OH is 2. The van der Waals surface area contributed by atoms with Crippen LogP contribution in [0.4, 0.5) is 0 Å². The van der Waals surface area contributed by atoms with Gasteiger partial charge in [-0.25, -0.2) is 8.42 Å². The quantitative estimate of drug-likeness (QED) is 0.744. The molecular formula is C7H10O4S2. The van der Waals surface area contributed by atoms with Crippen LogP contribution >= 0.6 is 11.3 Å². The van der Waals surface area contributed by atoms with E-state index in [0.717, 1.165) is 11.3 Å². The normalized spacial score (nSPS) is 14.3. The molecule has 6 heteroatoms. The van der Waals surface area contributed by atoms with Gasteiger partial charge in [0.25, 0.3) is 0 Å². The van der Waals surface area contributed by atoms with Crippen LogP contribution in [0.5, 0.6) is 0 Å². The van der Waals surface area contributed by atoms with Crippen molar-refractivity contribution >= 4 is 21.2 Å². The molecule has 0 saturated heterocycles. The predicted molar refractivity (Wildman–Crippen MR) is 49.5 cm³/mol. The minimum Gasteiger partial charge on any atom is -0.394 e. The maximum Gasteiger partial charge on any atom is 0.190 e. The molecule has 0 aliphatic heterocycles. The summed E-state index contributed by atoms with van der Waals surface area (Å²) in [6.07, 6.45) is -1.20. The molecule has 1 aromatic rings. The van der Waals surface area contributed by atoms with Gasteiger partial charge in [-0.3, -0.25) is 0 Å². The van der Waals surface area contributed by atoms with E-state index in [-0.39, 0.29) is 4.21 Å². The highest BCUT2D eigenvalue weighted by Crippen LogP contribution is 2.17. The van der Waals surface area contributed by atoms with Crippen molar-refractivity contribution in [2.24, 2.45) is 0 Å². The first-order valence-corrected chi connectivity index (χ1v) is 6.14. The molecule has 1 unspecified atom stereocenters. The first-order valence-electron chi connectivity index (χ1n) is 3.61.